The Morgan fingerprint density at radius 2 is 1.74 bits per heavy atom. The first-order valence-corrected chi connectivity index (χ1v) is 15.8. The van der Waals surface area contributed by atoms with Gasteiger partial charge >= 0.3 is 6.18 Å². The molecule has 2 aromatic heterocycles. The van der Waals surface area contributed by atoms with Gasteiger partial charge in [0.15, 0.2) is 0 Å². The molecule has 2 atom stereocenters. The highest BCUT2D eigenvalue weighted by atomic mass is 127. The predicted octanol–water partition coefficient (Wildman–Crippen LogP) is 7.17. The minimum absolute atomic E-state index is 0.126. The molecule has 0 aliphatic heterocycles. The zero-order chi connectivity index (χ0) is 29.0. The van der Waals surface area contributed by atoms with Crippen molar-refractivity contribution in [2.75, 3.05) is 11.4 Å². The van der Waals surface area contributed by atoms with Gasteiger partial charge in [0, 0.05) is 37.8 Å². The van der Waals surface area contributed by atoms with Crippen LogP contribution in [0.4, 0.5) is 18.9 Å². The molecule has 1 aliphatic rings. The Morgan fingerprint density at radius 1 is 1.10 bits per heavy atom. The van der Waals surface area contributed by atoms with Gasteiger partial charge in [0.05, 0.1) is 35.5 Å². The van der Waals surface area contributed by atoms with Gasteiger partial charge in [-0.1, -0.05) is 0 Å². The number of imidazole rings is 2. The molecule has 0 amide bonds. The average molecular weight is 880 g/mol. The maximum Gasteiger partial charge on any atom is 0.417 e. The fraction of sp³-hybridized carbons (Fsp3) is 0.500. The number of hydrogen-bond donors (Lipinski definition) is 1. The van der Waals surface area contributed by atoms with Crippen molar-refractivity contribution in [3.8, 4) is 6.07 Å². The van der Waals surface area contributed by atoms with Gasteiger partial charge in [0.1, 0.15) is 16.7 Å². The molecule has 0 spiro atoms. The lowest BCUT2D eigenvalue weighted by Crippen LogP contribution is -2.46. The Bertz CT molecular complexity index is 1320. The van der Waals surface area contributed by atoms with Gasteiger partial charge in [0.2, 0.25) is 0 Å². The van der Waals surface area contributed by atoms with Gasteiger partial charge in [-0.25, -0.2) is 9.97 Å². The highest BCUT2D eigenvalue weighted by molar-refractivity contribution is 14.1. The van der Waals surface area contributed by atoms with Gasteiger partial charge in [-0.05, 0) is 126 Å². The fourth-order valence-electron chi connectivity index (χ4n) is 5.02. The van der Waals surface area contributed by atoms with Gasteiger partial charge in [-0.3, -0.25) is 0 Å². The van der Waals surface area contributed by atoms with E-state index in [1.807, 2.05) is 29.6 Å². The highest BCUT2D eigenvalue weighted by Crippen LogP contribution is 2.42. The summed E-state index contributed by atoms with van der Waals surface area (Å²) >= 11 is 6.64. The smallest absolute Gasteiger partial charge is 0.383 e. The molecule has 39 heavy (non-hydrogen) atoms. The average Bonchev–Trinajstić information content (AvgIpc) is 3.45. The third-order valence-electron chi connectivity index (χ3n) is 6.89. The molecule has 0 radical (unpaired) electrons. The monoisotopic (exact) mass is 880 g/mol. The van der Waals surface area contributed by atoms with Crippen LogP contribution in [0.25, 0.3) is 0 Å². The number of benzene rings is 1. The molecule has 3 aromatic rings. The number of halogens is 6. The molecule has 0 saturated heterocycles. The second-order valence-electron chi connectivity index (χ2n) is 9.19. The van der Waals surface area contributed by atoms with Crippen LogP contribution in [0.2, 0.25) is 0 Å². The van der Waals surface area contributed by atoms with Gasteiger partial charge in [-0.15, -0.1) is 0 Å². The van der Waals surface area contributed by atoms with E-state index in [4.69, 9.17) is 5.26 Å². The van der Waals surface area contributed by atoms with Crippen molar-refractivity contribution in [2.45, 2.75) is 77.4 Å². The zero-order valence-corrected chi connectivity index (χ0v) is 28.3. The molecule has 1 aromatic carbocycles. The molecular formula is C26H30F3I3N6O. The maximum absolute atomic E-state index is 13.4. The summed E-state index contributed by atoms with van der Waals surface area (Å²) in [6.07, 6.45) is 1.50. The largest absolute Gasteiger partial charge is 0.417 e. The van der Waals surface area contributed by atoms with E-state index in [9.17, 15) is 18.3 Å². The van der Waals surface area contributed by atoms with Crippen LogP contribution in [-0.2, 0) is 24.9 Å². The Hall–Kier alpha value is -1.13. The minimum atomic E-state index is -4.60. The summed E-state index contributed by atoms with van der Waals surface area (Å²) in [4.78, 5) is 10.4. The first-order valence-electron chi connectivity index (χ1n) is 12.6. The first kappa shape index (κ1) is 32.4. The number of alkyl halides is 3. The van der Waals surface area contributed by atoms with Crippen LogP contribution in [0.1, 0.15) is 63.3 Å². The first-order chi connectivity index (χ1) is 18.4. The molecule has 7 nitrogen and oxygen atoms in total. The molecule has 13 heteroatoms. The Balaban J connectivity index is 0.000000395. The van der Waals surface area contributed by atoms with E-state index in [1.54, 1.807) is 18.5 Å². The lowest BCUT2D eigenvalue weighted by Gasteiger charge is -2.43. The number of aryl methyl sites for hydroxylation is 2. The van der Waals surface area contributed by atoms with E-state index in [0.717, 1.165) is 38.5 Å². The number of hydrogen-bond acceptors (Lipinski definition) is 5. The number of aliphatic hydroxyl groups is 1. The lowest BCUT2D eigenvalue weighted by atomic mass is 9.79. The second kappa shape index (κ2) is 13.7. The van der Waals surface area contributed by atoms with Gasteiger partial charge in [-0.2, -0.15) is 18.4 Å². The summed E-state index contributed by atoms with van der Waals surface area (Å²) in [6, 6.07) is 5.34. The van der Waals surface area contributed by atoms with E-state index in [0.29, 0.717) is 31.6 Å². The lowest BCUT2D eigenvalue weighted by molar-refractivity contribution is -0.137. The quantitative estimate of drug-likeness (QED) is 0.266. The van der Waals surface area contributed by atoms with E-state index in [2.05, 4.69) is 89.2 Å². The number of nitriles is 1. The highest BCUT2D eigenvalue weighted by Gasteiger charge is 2.42. The second-order valence-corrected chi connectivity index (χ2v) is 12.3. The molecule has 2 unspecified atom stereocenters. The third kappa shape index (κ3) is 7.39. The van der Waals surface area contributed by atoms with E-state index in [1.165, 1.54) is 9.77 Å². The van der Waals surface area contributed by atoms with Crippen LogP contribution in [0.5, 0.6) is 0 Å². The zero-order valence-electron chi connectivity index (χ0n) is 21.8. The van der Waals surface area contributed by atoms with Crippen LogP contribution >= 0.6 is 67.8 Å². The Labute approximate surface area is 267 Å². The minimum Gasteiger partial charge on any atom is -0.383 e. The summed E-state index contributed by atoms with van der Waals surface area (Å²) < 4.78 is 47.4. The van der Waals surface area contributed by atoms with E-state index >= 15 is 0 Å². The number of nitrogens with zero attached hydrogens (tertiary/aromatic N) is 6. The normalized spacial score (nSPS) is 19.3. The predicted molar refractivity (Wildman–Crippen MR) is 169 cm³/mol. The SMILES string of the molecule is CCN(c1ccc(C#N)c(C(F)(F)F)c1)C1CCCC(O)(c2c(I)ncn2CC)C1.CCn1cnc(I)c1I. The van der Waals surface area contributed by atoms with E-state index < -0.39 is 17.3 Å². The topological polar surface area (TPSA) is 82.9 Å². The van der Waals surface area contributed by atoms with Crippen LogP contribution in [0, 0.1) is 22.4 Å². The van der Waals surface area contributed by atoms with Crippen molar-refractivity contribution in [2.24, 2.45) is 0 Å². The van der Waals surface area contributed by atoms with Crippen molar-refractivity contribution in [1.29, 1.82) is 5.26 Å². The molecule has 212 valence electrons. The van der Waals surface area contributed by atoms with Crippen molar-refractivity contribution >= 4 is 73.5 Å². The molecule has 1 N–H and O–H groups in total. The summed E-state index contributed by atoms with van der Waals surface area (Å²) in [5, 5.41) is 20.6. The molecule has 4 rings (SSSR count). The summed E-state index contributed by atoms with van der Waals surface area (Å²) in [5.74, 6) is 0. The van der Waals surface area contributed by atoms with Crippen LogP contribution < -0.4 is 4.90 Å². The molecule has 2 heterocycles. The van der Waals surface area contributed by atoms with Crippen molar-refractivity contribution < 1.29 is 18.3 Å². The van der Waals surface area contributed by atoms with Crippen LogP contribution in [-0.4, -0.2) is 36.8 Å². The Kier molecular flexibility index (Phi) is 11.4. The fourth-order valence-corrected chi connectivity index (χ4v) is 7.00. The summed E-state index contributed by atoms with van der Waals surface area (Å²) in [5.41, 5.74) is -1.20. The Morgan fingerprint density at radius 3 is 2.26 bits per heavy atom. The van der Waals surface area contributed by atoms with E-state index in [-0.39, 0.29) is 11.6 Å². The molecule has 1 fully saturated rings. The van der Waals surface area contributed by atoms with Crippen molar-refractivity contribution in [3.63, 3.8) is 0 Å². The molecule has 0 bridgehead atoms. The number of rotatable bonds is 6. The molecule has 1 saturated carbocycles. The summed E-state index contributed by atoms with van der Waals surface area (Å²) in [7, 11) is 0. The van der Waals surface area contributed by atoms with Crippen molar-refractivity contribution in [1.82, 2.24) is 19.1 Å². The van der Waals surface area contributed by atoms with Gasteiger partial charge in [0.25, 0.3) is 0 Å². The maximum atomic E-state index is 13.4. The third-order valence-corrected chi connectivity index (χ3v) is 10.6. The van der Waals surface area contributed by atoms with Crippen molar-refractivity contribution in [3.05, 3.63) is 58.8 Å². The summed E-state index contributed by atoms with van der Waals surface area (Å²) in [6.45, 7) is 8.17. The van der Waals surface area contributed by atoms with Crippen LogP contribution in [0.15, 0.2) is 30.9 Å². The standard InChI is InChI=1S/C21H24F3IN4O.C5H6I2N2/c1-3-28-13-27-19(25)18(28)20(30)9-5-6-16(11-20)29(4-2)15-8-7-14(12-26)17(10-15)21(22,23)24;1-2-9-3-8-4(6)5(9)7/h7-8,10,13,16,30H,3-6,9,11H2,1-2H3;3H,2H2,1H3. The molecular weight excluding hydrogens is 850 g/mol. The molecule has 1 aliphatic carbocycles. The number of anilines is 1. The number of aromatic nitrogens is 4. The van der Waals surface area contributed by atoms with Gasteiger partial charge < -0.3 is 19.1 Å². The van der Waals surface area contributed by atoms with Crippen LogP contribution in [0.3, 0.4) is 0 Å².